The molecule has 1 saturated carbocycles. The summed E-state index contributed by atoms with van der Waals surface area (Å²) in [5.74, 6) is 0.110. The second-order valence-corrected chi connectivity index (χ2v) is 8.50. The lowest BCUT2D eigenvalue weighted by Gasteiger charge is -2.25. The molecular formula is C23H25N3O2S. The van der Waals surface area contributed by atoms with Gasteiger partial charge < -0.3 is 10.2 Å². The number of benzene rings is 2. The zero-order valence-electron chi connectivity index (χ0n) is 16.7. The van der Waals surface area contributed by atoms with Gasteiger partial charge in [-0.3, -0.25) is 9.59 Å². The summed E-state index contributed by atoms with van der Waals surface area (Å²) in [4.78, 5) is 30.7. The maximum atomic E-state index is 12.9. The summed E-state index contributed by atoms with van der Waals surface area (Å²) in [7, 11) is 1.86. The fraction of sp³-hybridized carbons (Fsp3) is 0.348. The second kappa shape index (κ2) is 8.33. The largest absolute Gasteiger partial charge is 0.353 e. The zero-order valence-corrected chi connectivity index (χ0v) is 17.5. The first-order valence-electron chi connectivity index (χ1n) is 10.1. The van der Waals surface area contributed by atoms with Gasteiger partial charge in [-0.25, -0.2) is 4.98 Å². The van der Waals surface area contributed by atoms with Crippen LogP contribution in [0.2, 0.25) is 0 Å². The molecule has 1 aromatic heterocycles. The third-order valence-corrected chi connectivity index (χ3v) is 6.55. The summed E-state index contributed by atoms with van der Waals surface area (Å²) < 4.78 is 1.16. The smallest absolute Gasteiger partial charge is 0.253 e. The van der Waals surface area contributed by atoms with Crippen LogP contribution in [-0.4, -0.2) is 40.8 Å². The average Bonchev–Trinajstić information content (AvgIpc) is 3.41. The Kier molecular flexibility index (Phi) is 5.62. The highest BCUT2D eigenvalue weighted by atomic mass is 32.1. The highest BCUT2D eigenvalue weighted by molar-refractivity contribution is 7.16. The Balaban J connectivity index is 1.43. The topological polar surface area (TPSA) is 62.3 Å². The van der Waals surface area contributed by atoms with Gasteiger partial charge in [0.15, 0.2) is 0 Å². The lowest BCUT2D eigenvalue weighted by atomic mass is 10.0. The summed E-state index contributed by atoms with van der Waals surface area (Å²) >= 11 is 1.63. The highest BCUT2D eigenvalue weighted by Gasteiger charge is 2.30. The fourth-order valence-corrected chi connectivity index (χ4v) is 4.70. The Hall–Kier alpha value is -2.73. The molecule has 1 aliphatic rings. The summed E-state index contributed by atoms with van der Waals surface area (Å²) in [6.07, 6.45) is 3.16. The molecular weight excluding hydrogens is 382 g/mol. The van der Waals surface area contributed by atoms with Crippen molar-refractivity contribution in [3.05, 3.63) is 53.5 Å². The first-order valence-corrected chi connectivity index (χ1v) is 10.9. The van der Waals surface area contributed by atoms with E-state index in [1.165, 1.54) is 0 Å². The molecule has 150 valence electrons. The minimum absolute atomic E-state index is 0.0296. The van der Waals surface area contributed by atoms with Crippen LogP contribution in [0.3, 0.4) is 0 Å². The number of nitrogens with one attached hydrogen (secondary N) is 1. The van der Waals surface area contributed by atoms with Gasteiger partial charge in [-0.1, -0.05) is 25.1 Å². The van der Waals surface area contributed by atoms with Crippen LogP contribution in [-0.2, 0) is 4.79 Å². The van der Waals surface area contributed by atoms with Gasteiger partial charge in [-0.15, -0.1) is 11.3 Å². The Morgan fingerprint density at radius 1 is 1.14 bits per heavy atom. The Morgan fingerprint density at radius 3 is 2.66 bits per heavy atom. The van der Waals surface area contributed by atoms with Gasteiger partial charge >= 0.3 is 0 Å². The number of fused-ring (bicyclic) bond motifs is 1. The maximum Gasteiger partial charge on any atom is 0.253 e. The molecule has 1 heterocycles. The number of hydrogen-bond donors (Lipinski definition) is 1. The summed E-state index contributed by atoms with van der Waals surface area (Å²) in [6.45, 7) is 1.86. The van der Waals surface area contributed by atoms with E-state index < -0.39 is 0 Å². The molecule has 2 aromatic carbocycles. The number of carbonyl (C=O) groups excluding carboxylic acids is 2. The standard InChI is InChI=1S/C23H25N3O2S/c1-3-22(27)25-18-9-10-19(13-18)26(2)23(28)16-6-4-15(5-7-16)17-8-11-20-21(12-17)29-14-24-20/h4-8,11-12,14,18-19H,3,9-10,13H2,1-2H3,(H,25,27)/t18-,19+/m0/s1. The minimum Gasteiger partial charge on any atom is -0.353 e. The molecule has 0 saturated heterocycles. The monoisotopic (exact) mass is 407 g/mol. The predicted molar refractivity (Wildman–Crippen MR) is 117 cm³/mol. The zero-order chi connectivity index (χ0) is 20.4. The number of nitrogens with zero attached hydrogens (tertiary/aromatic N) is 2. The summed E-state index contributed by atoms with van der Waals surface area (Å²) in [5.41, 5.74) is 5.77. The summed E-state index contributed by atoms with van der Waals surface area (Å²) in [5, 5.41) is 3.05. The number of rotatable bonds is 5. The number of thiazole rings is 1. The van der Waals surface area contributed by atoms with Crippen LogP contribution in [0.4, 0.5) is 0 Å². The molecule has 0 unspecified atom stereocenters. The van der Waals surface area contributed by atoms with E-state index >= 15 is 0 Å². The molecule has 5 nitrogen and oxygen atoms in total. The van der Waals surface area contributed by atoms with Crippen molar-refractivity contribution in [2.75, 3.05) is 7.05 Å². The van der Waals surface area contributed by atoms with E-state index in [4.69, 9.17) is 0 Å². The highest BCUT2D eigenvalue weighted by Crippen LogP contribution is 2.28. The van der Waals surface area contributed by atoms with E-state index in [2.05, 4.69) is 22.4 Å². The van der Waals surface area contributed by atoms with Gasteiger partial charge in [-0.05, 0) is 54.7 Å². The van der Waals surface area contributed by atoms with Crippen molar-refractivity contribution in [1.82, 2.24) is 15.2 Å². The van der Waals surface area contributed by atoms with Gasteiger partial charge in [0.2, 0.25) is 5.91 Å². The molecule has 0 aliphatic heterocycles. The van der Waals surface area contributed by atoms with E-state index in [-0.39, 0.29) is 23.9 Å². The normalized spacial score (nSPS) is 18.7. The second-order valence-electron chi connectivity index (χ2n) is 7.61. The van der Waals surface area contributed by atoms with E-state index in [0.29, 0.717) is 12.0 Å². The lowest BCUT2D eigenvalue weighted by molar-refractivity contribution is -0.121. The van der Waals surface area contributed by atoms with Crippen molar-refractivity contribution in [2.24, 2.45) is 0 Å². The van der Waals surface area contributed by atoms with Gasteiger partial charge in [0.1, 0.15) is 0 Å². The maximum absolute atomic E-state index is 12.9. The van der Waals surface area contributed by atoms with Crippen LogP contribution in [0, 0.1) is 0 Å². The van der Waals surface area contributed by atoms with Crippen molar-refractivity contribution in [3.8, 4) is 11.1 Å². The molecule has 6 heteroatoms. The van der Waals surface area contributed by atoms with Gasteiger partial charge in [-0.2, -0.15) is 0 Å². The lowest BCUT2D eigenvalue weighted by Crippen LogP contribution is -2.38. The Morgan fingerprint density at radius 2 is 1.90 bits per heavy atom. The number of amides is 2. The van der Waals surface area contributed by atoms with Crippen molar-refractivity contribution >= 4 is 33.4 Å². The molecule has 29 heavy (non-hydrogen) atoms. The molecule has 1 N–H and O–H groups in total. The predicted octanol–water partition coefficient (Wildman–Crippen LogP) is 4.48. The Labute approximate surface area is 174 Å². The molecule has 1 aliphatic carbocycles. The van der Waals surface area contributed by atoms with E-state index in [1.807, 2.05) is 54.7 Å². The first-order chi connectivity index (χ1) is 14.0. The molecule has 2 amide bonds. The average molecular weight is 408 g/mol. The Bertz CT molecular complexity index is 1030. The van der Waals surface area contributed by atoms with Crippen LogP contribution in [0.25, 0.3) is 21.3 Å². The minimum atomic E-state index is 0.0296. The summed E-state index contributed by atoms with van der Waals surface area (Å²) in [6, 6.07) is 14.4. The van der Waals surface area contributed by atoms with Gasteiger partial charge in [0.25, 0.3) is 5.91 Å². The molecule has 2 atom stereocenters. The van der Waals surface area contributed by atoms with Crippen molar-refractivity contribution in [3.63, 3.8) is 0 Å². The molecule has 3 aromatic rings. The van der Waals surface area contributed by atoms with Gasteiger partial charge in [0.05, 0.1) is 15.7 Å². The van der Waals surface area contributed by atoms with Crippen molar-refractivity contribution < 1.29 is 9.59 Å². The molecule has 0 spiro atoms. The number of hydrogen-bond acceptors (Lipinski definition) is 4. The van der Waals surface area contributed by atoms with Crippen LogP contribution >= 0.6 is 11.3 Å². The molecule has 1 fully saturated rings. The van der Waals surface area contributed by atoms with E-state index in [0.717, 1.165) is 40.6 Å². The number of carbonyl (C=O) groups is 2. The van der Waals surface area contributed by atoms with Crippen molar-refractivity contribution in [1.29, 1.82) is 0 Å². The SMILES string of the molecule is CCC(=O)N[C@H]1CC[C@@H](N(C)C(=O)c2ccc(-c3ccc4ncsc4c3)cc2)C1. The van der Waals surface area contributed by atoms with Crippen molar-refractivity contribution in [2.45, 2.75) is 44.7 Å². The van der Waals surface area contributed by atoms with Gasteiger partial charge in [0, 0.05) is 31.1 Å². The quantitative estimate of drug-likeness (QED) is 0.678. The molecule has 0 bridgehead atoms. The van der Waals surface area contributed by atoms with Crippen LogP contribution < -0.4 is 5.32 Å². The first kappa shape index (κ1) is 19.6. The van der Waals surface area contributed by atoms with Crippen LogP contribution in [0.15, 0.2) is 48.0 Å². The van der Waals surface area contributed by atoms with E-state index in [9.17, 15) is 9.59 Å². The van der Waals surface area contributed by atoms with E-state index in [1.54, 1.807) is 11.3 Å². The third-order valence-electron chi connectivity index (χ3n) is 5.76. The van der Waals surface area contributed by atoms with Crippen LogP contribution in [0.5, 0.6) is 0 Å². The fourth-order valence-electron chi connectivity index (χ4n) is 3.98. The molecule has 4 rings (SSSR count). The third kappa shape index (κ3) is 4.17. The number of aromatic nitrogens is 1. The molecule has 0 radical (unpaired) electrons. The van der Waals surface area contributed by atoms with Crippen LogP contribution in [0.1, 0.15) is 43.0 Å².